The molecule has 29 heavy (non-hydrogen) atoms. The molecule has 0 aliphatic rings. The topological polar surface area (TPSA) is 68.0 Å². The molecule has 0 fully saturated rings. The van der Waals surface area contributed by atoms with Gasteiger partial charge in [-0.2, -0.15) is 0 Å². The standard InChI is InChI=1S/C22H15N3O2S2/c26-20(11-12-21-24-15-5-1-3-7-18(15)28-21)23-13-14-9-10-17(27-14)22-25-16-6-2-4-8-19(16)29-22/h1-12H,13H2,(H,23,26)/b12-11+. The molecule has 0 atom stereocenters. The number of furan rings is 1. The van der Waals surface area contributed by atoms with Crippen molar-refractivity contribution in [2.75, 3.05) is 0 Å². The van der Waals surface area contributed by atoms with Crippen molar-refractivity contribution in [3.8, 4) is 10.8 Å². The summed E-state index contributed by atoms with van der Waals surface area (Å²) in [5.74, 6) is 1.20. The lowest BCUT2D eigenvalue weighted by Gasteiger charge is -1.98. The van der Waals surface area contributed by atoms with Crippen LogP contribution in [0.4, 0.5) is 0 Å². The number of fused-ring (bicyclic) bond motifs is 2. The molecule has 5 aromatic rings. The number of carbonyl (C=O) groups excluding carboxylic acids is 1. The smallest absolute Gasteiger partial charge is 0.244 e. The predicted octanol–water partition coefficient (Wildman–Crippen LogP) is 5.50. The van der Waals surface area contributed by atoms with Crippen molar-refractivity contribution in [3.63, 3.8) is 0 Å². The second kappa shape index (κ2) is 7.62. The van der Waals surface area contributed by atoms with Gasteiger partial charge in [-0.1, -0.05) is 24.3 Å². The van der Waals surface area contributed by atoms with Gasteiger partial charge in [-0.05, 0) is 42.5 Å². The lowest BCUT2D eigenvalue weighted by Crippen LogP contribution is -2.19. The highest BCUT2D eigenvalue weighted by Crippen LogP contribution is 2.31. The molecule has 2 aromatic carbocycles. The average Bonchev–Trinajstić information content (AvgIpc) is 3.47. The molecule has 0 radical (unpaired) electrons. The van der Waals surface area contributed by atoms with E-state index < -0.39 is 0 Å². The van der Waals surface area contributed by atoms with Crippen LogP contribution >= 0.6 is 22.7 Å². The molecule has 3 aromatic heterocycles. The SMILES string of the molecule is O=C(/C=C/c1nc2ccccc2s1)NCc1ccc(-c2nc3ccccc3s2)o1. The van der Waals surface area contributed by atoms with Gasteiger partial charge in [0, 0.05) is 6.08 Å². The lowest BCUT2D eigenvalue weighted by molar-refractivity contribution is -0.116. The van der Waals surface area contributed by atoms with E-state index in [2.05, 4.69) is 15.3 Å². The Morgan fingerprint density at radius 2 is 1.66 bits per heavy atom. The van der Waals surface area contributed by atoms with Gasteiger partial charge < -0.3 is 9.73 Å². The Bertz CT molecular complexity index is 1280. The van der Waals surface area contributed by atoms with Crippen molar-refractivity contribution in [2.24, 2.45) is 0 Å². The minimum absolute atomic E-state index is 0.192. The number of rotatable bonds is 5. The van der Waals surface area contributed by atoms with E-state index in [4.69, 9.17) is 4.42 Å². The van der Waals surface area contributed by atoms with Crippen molar-refractivity contribution in [3.05, 3.63) is 77.5 Å². The molecular weight excluding hydrogens is 402 g/mol. The fourth-order valence-electron chi connectivity index (χ4n) is 2.91. The maximum absolute atomic E-state index is 12.1. The Morgan fingerprint density at radius 3 is 2.41 bits per heavy atom. The van der Waals surface area contributed by atoms with Gasteiger partial charge in [0.1, 0.15) is 10.8 Å². The Kier molecular flexibility index (Phi) is 4.67. The normalized spacial score (nSPS) is 11.6. The first kappa shape index (κ1) is 17.8. The van der Waals surface area contributed by atoms with Crippen molar-refractivity contribution >= 4 is 55.1 Å². The van der Waals surface area contributed by atoms with Crippen molar-refractivity contribution in [1.29, 1.82) is 0 Å². The van der Waals surface area contributed by atoms with Crippen molar-refractivity contribution in [1.82, 2.24) is 15.3 Å². The summed E-state index contributed by atoms with van der Waals surface area (Å²) in [6.45, 7) is 0.313. The van der Waals surface area contributed by atoms with E-state index in [0.717, 1.165) is 30.4 Å². The van der Waals surface area contributed by atoms with Crippen molar-refractivity contribution in [2.45, 2.75) is 6.54 Å². The van der Waals surface area contributed by atoms with Gasteiger partial charge in [0.15, 0.2) is 10.8 Å². The van der Waals surface area contributed by atoms with Crippen LogP contribution in [0.1, 0.15) is 10.8 Å². The molecule has 0 aliphatic carbocycles. The largest absolute Gasteiger partial charge is 0.457 e. The van der Waals surface area contributed by atoms with Crippen LogP contribution in [0.15, 0.2) is 71.2 Å². The third-order valence-electron chi connectivity index (χ3n) is 4.29. The minimum Gasteiger partial charge on any atom is -0.457 e. The van der Waals surface area contributed by atoms with Gasteiger partial charge in [-0.25, -0.2) is 9.97 Å². The zero-order valence-corrected chi connectivity index (χ0v) is 16.8. The Labute approximate surface area is 174 Å². The number of thiazole rings is 2. The molecule has 0 aliphatic heterocycles. The predicted molar refractivity (Wildman–Crippen MR) is 118 cm³/mol. The number of hydrogen-bond acceptors (Lipinski definition) is 6. The van der Waals surface area contributed by atoms with Gasteiger partial charge in [0.05, 0.1) is 27.0 Å². The Morgan fingerprint density at radius 1 is 0.931 bits per heavy atom. The van der Waals surface area contributed by atoms with Crippen LogP contribution in [-0.4, -0.2) is 15.9 Å². The van der Waals surface area contributed by atoms with Gasteiger partial charge >= 0.3 is 0 Å². The summed E-state index contributed by atoms with van der Waals surface area (Å²) in [5, 5.41) is 4.47. The van der Waals surface area contributed by atoms with E-state index >= 15 is 0 Å². The zero-order valence-electron chi connectivity index (χ0n) is 15.2. The number of carbonyl (C=O) groups is 1. The van der Waals surface area contributed by atoms with Crippen LogP contribution < -0.4 is 5.32 Å². The highest BCUT2D eigenvalue weighted by molar-refractivity contribution is 7.21. The molecule has 7 heteroatoms. The zero-order chi connectivity index (χ0) is 19.6. The number of benzene rings is 2. The van der Waals surface area contributed by atoms with E-state index in [9.17, 15) is 4.79 Å². The number of nitrogens with one attached hydrogen (secondary N) is 1. The van der Waals surface area contributed by atoms with Gasteiger partial charge in [0.25, 0.3) is 0 Å². The maximum Gasteiger partial charge on any atom is 0.244 e. The minimum atomic E-state index is -0.192. The van der Waals surface area contributed by atoms with Gasteiger partial charge in [0.2, 0.25) is 5.91 Å². The second-order valence-electron chi connectivity index (χ2n) is 6.32. The average molecular weight is 418 g/mol. The first-order valence-electron chi connectivity index (χ1n) is 9.01. The monoisotopic (exact) mass is 417 g/mol. The fraction of sp³-hybridized carbons (Fsp3) is 0.0455. The van der Waals surface area contributed by atoms with E-state index in [1.54, 1.807) is 28.7 Å². The summed E-state index contributed by atoms with van der Waals surface area (Å²) in [6, 6.07) is 19.6. The van der Waals surface area contributed by atoms with Crippen LogP contribution in [0, 0.1) is 0 Å². The van der Waals surface area contributed by atoms with Crippen molar-refractivity contribution < 1.29 is 9.21 Å². The molecule has 142 valence electrons. The molecule has 5 nitrogen and oxygen atoms in total. The summed E-state index contributed by atoms with van der Waals surface area (Å²) < 4.78 is 8.07. The summed E-state index contributed by atoms with van der Waals surface area (Å²) in [5.41, 5.74) is 1.90. The summed E-state index contributed by atoms with van der Waals surface area (Å²) in [4.78, 5) is 21.2. The number of hydrogen-bond donors (Lipinski definition) is 1. The third kappa shape index (κ3) is 3.83. The number of amides is 1. The Hall–Kier alpha value is -3.29. The lowest BCUT2D eigenvalue weighted by atomic mass is 10.3. The molecular formula is C22H15N3O2S2. The van der Waals surface area contributed by atoms with Crippen LogP contribution in [0.3, 0.4) is 0 Å². The Balaban J connectivity index is 1.22. The quantitative estimate of drug-likeness (QED) is 0.384. The van der Waals surface area contributed by atoms with E-state index in [1.807, 2.05) is 60.7 Å². The van der Waals surface area contributed by atoms with Gasteiger partial charge in [-0.3, -0.25) is 4.79 Å². The molecule has 1 N–H and O–H groups in total. The highest BCUT2D eigenvalue weighted by atomic mass is 32.1. The maximum atomic E-state index is 12.1. The summed E-state index contributed by atoms with van der Waals surface area (Å²) in [7, 11) is 0. The molecule has 3 heterocycles. The van der Waals surface area contributed by atoms with Gasteiger partial charge in [-0.15, -0.1) is 22.7 Å². The number of para-hydroxylation sites is 2. The third-order valence-corrected chi connectivity index (χ3v) is 6.34. The number of aromatic nitrogens is 2. The van der Waals surface area contributed by atoms with Crippen LogP contribution in [0.2, 0.25) is 0 Å². The molecule has 0 unspecified atom stereocenters. The molecule has 0 bridgehead atoms. The van der Waals surface area contributed by atoms with E-state index in [-0.39, 0.29) is 5.91 Å². The molecule has 0 saturated heterocycles. The summed E-state index contributed by atoms with van der Waals surface area (Å²) >= 11 is 3.14. The molecule has 5 rings (SSSR count). The first-order valence-corrected chi connectivity index (χ1v) is 10.6. The van der Waals surface area contributed by atoms with E-state index in [0.29, 0.717) is 18.1 Å². The first-order chi connectivity index (χ1) is 14.2. The van der Waals surface area contributed by atoms with E-state index in [1.165, 1.54) is 6.08 Å². The molecule has 0 spiro atoms. The molecule has 0 saturated carbocycles. The molecule has 1 amide bonds. The summed E-state index contributed by atoms with van der Waals surface area (Å²) in [6.07, 6.45) is 3.23. The highest BCUT2D eigenvalue weighted by Gasteiger charge is 2.10. The second-order valence-corrected chi connectivity index (χ2v) is 8.42. The van der Waals surface area contributed by atoms with Crippen LogP contribution in [0.25, 0.3) is 37.3 Å². The fourth-order valence-corrected chi connectivity index (χ4v) is 4.70. The van der Waals surface area contributed by atoms with Crippen LogP contribution in [0.5, 0.6) is 0 Å². The van der Waals surface area contributed by atoms with Crippen LogP contribution in [-0.2, 0) is 11.3 Å². The number of nitrogens with zero attached hydrogens (tertiary/aromatic N) is 2.